The number of aromatic nitrogens is 2. The smallest absolute Gasteiger partial charge is 0.326 e. The van der Waals surface area contributed by atoms with E-state index in [4.69, 9.17) is 14.5 Å². The maximum Gasteiger partial charge on any atom is 0.326 e. The first-order valence-corrected chi connectivity index (χ1v) is 12.8. The molecule has 0 fully saturated rings. The van der Waals surface area contributed by atoms with E-state index in [9.17, 15) is 14.7 Å². The second kappa shape index (κ2) is 11.5. The van der Waals surface area contributed by atoms with Crippen LogP contribution < -0.4 is 20.1 Å². The number of nitrogens with one attached hydrogen (secondary N) is 2. The molecule has 1 amide bonds. The third-order valence-electron chi connectivity index (χ3n) is 7.04. The van der Waals surface area contributed by atoms with Gasteiger partial charge in [0.1, 0.15) is 23.2 Å². The molecule has 2 atom stereocenters. The molecule has 0 radical (unpaired) electrons. The Labute approximate surface area is 227 Å². The summed E-state index contributed by atoms with van der Waals surface area (Å²) in [6.07, 6.45) is 2.38. The zero-order chi connectivity index (χ0) is 28.3. The molecule has 0 saturated carbocycles. The van der Waals surface area contributed by atoms with E-state index in [-0.39, 0.29) is 5.92 Å². The third kappa shape index (κ3) is 5.52. The summed E-state index contributed by atoms with van der Waals surface area (Å²) < 4.78 is 12.8. The first-order valence-electron chi connectivity index (χ1n) is 12.8. The van der Waals surface area contributed by atoms with Gasteiger partial charge in [-0.05, 0) is 61.2 Å². The standard InChI is InChI=1S/C30H34N4O5/c1-7-17(2)26(30(36)37)33-29(35)21-13-14-34-24(16-21)31-27(20-11-12-22(38-5)23(15-20)39-6)28(34)32-25-18(3)9-8-10-19(25)4/h8-17,26,32H,7H2,1-6H3,(H,33,35)(H,36,37). The quantitative estimate of drug-likeness (QED) is 0.244. The van der Waals surface area contributed by atoms with Crippen LogP contribution in [-0.4, -0.2) is 46.6 Å². The number of anilines is 2. The second-order valence-electron chi connectivity index (χ2n) is 9.59. The Kier molecular flexibility index (Phi) is 8.09. The zero-order valence-corrected chi connectivity index (χ0v) is 23.0. The molecular weight excluding hydrogens is 496 g/mol. The van der Waals surface area contributed by atoms with Gasteiger partial charge in [-0.1, -0.05) is 38.5 Å². The van der Waals surface area contributed by atoms with Crippen LogP contribution in [-0.2, 0) is 4.79 Å². The number of carbonyl (C=O) groups excluding carboxylic acids is 1. The van der Waals surface area contributed by atoms with Crippen molar-refractivity contribution < 1.29 is 24.2 Å². The van der Waals surface area contributed by atoms with Gasteiger partial charge in [-0.15, -0.1) is 0 Å². The Morgan fingerprint density at radius 1 is 1.03 bits per heavy atom. The van der Waals surface area contributed by atoms with Crippen molar-refractivity contribution in [1.82, 2.24) is 14.7 Å². The molecular formula is C30H34N4O5. The number of hydrogen-bond donors (Lipinski definition) is 3. The summed E-state index contributed by atoms with van der Waals surface area (Å²) in [6.45, 7) is 7.77. The molecule has 204 valence electrons. The number of carboxylic acid groups (broad SMARTS) is 1. The molecule has 2 unspecified atom stereocenters. The summed E-state index contributed by atoms with van der Waals surface area (Å²) in [5.74, 6) is 0.133. The van der Waals surface area contributed by atoms with Gasteiger partial charge >= 0.3 is 5.97 Å². The monoisotopic (exact) mass is 530 g/mol. The number of methoxy groups -OCH3 is 2. The second-order valence-corrected chi connectivity index (χ2v) is 9.59. The lowest BCUT2D eigenvalue weighted by Crippen LogP contribution is -2.45. The van der Waals surface area contributed by atoms with E-state index in [1.54, 1.807) is 39.5 Å². The maximum absolute atomic E-state index is 13.1. The summed E-state index contributed by atoms with van der Waals surface area (Å²) >= 11 is 0. The highest BCUT2D eigenvalue weighted by Crippen LogP contribution is 2.37. The highest BCUT2D eigenvalue weighted by molar-refractivity contribution is 5.97. The molecule has 9 heteroatoms. The number of carboxylic acids is 1. The number of para-hydroxylation sites is 1. The van der Waals surface area contributed by atoms with Crippen LogP contribution in [0.1, 0.15) is 41.8 Å². The fourth-order valence-electron chi connectivity index (χ4n) is 4.53. The Balaban J connectivity index is 1.83. The van der Waals surface area contributed by atoms with E-state index in [2.05, 4.69) is 10.6 Å². The predicted octanol–water partition coefficient (Wildman–Crippen LogP) is 5.61. The van der Waals surface area contributed by atoms with Crippen LogP contribution in [0, 0.1) is 19.8 Å². The van der Waals surface area contributed by atoms with Crippen molar-refractivity contribution >= 4 is 29.0 Å². The van der Waals surface area contributed by atoms with Crippen LogP contribution >= 0.6 is 0 Å². The number of rotatable bonds is 10. The number of aliphatic carboxylic acids is 1. The lowest BCUT2D eigenvalue weighted by molar-refractivity contribution is -0.140. The first kappa shape index (κ1) is 27.5. The largest absolute Gasteiger partial charge is 0.493 e. The van der Waals surface area contributed by atoms with Crippen molar-refractivity contribution in [2.75, 3.05) is 19.5 Å². The van der Waals surface area contributed by atoms with E-state index >= 15 is 0 Å². The van der Waals surface area contributed by atoms with Crippen molar-refractivity contribution in [3.63, 3.8) is 0 Å². The molecule has 0 aliphatic heterocycles. The Bertz CT molecular complexity index is 1510. The number of imidazole rings is 1. The van der Waals surface area contributed by atoms with E-state index in [0.29, 0.717) is 40.6 Å². The van der Waals surface area contributed by atoms with Crippen LogP contribution in [0.5, 0.6) is 11.5 Å². The number of carbonyl (C=O) groups is 2. The van der Waals surface area contributed by atoms with Gasteiger partial charge in [0.25, 0.3) is 5.91 Å². The van der Waals surface area contributed by atoms with Crippen molar-refractivity contribution in [3.8, 4) is 22.8 Å². The molecule has 2 aromatic carbocycles. The van der Waals surface area contributed by atoms with E-state index in [0.717, 1.165) is 22.4 Å². The van der Waals surface area contributed by atoms with Crippen LogP contribution in [0.3, 0.4) is 0 Å². The first-order chi connectivity index (χ1) is 18.7. The molecule has 39 heavy (non-hydrogen) atoms. The highest BCUT2D eigenvalue weighted by Gasteiger charge is 2.26. The molecule has 4 aromatic rings. The number of amides is 1. The van der Waals surface area contributed by atoms with Crippen LogP contribution in [0.15, 0.2) is 54.7 Å². The summed E-state index contributed by atoms with van der Waals surface area (Å²) in [5, 5.41) is 15.8. The van der Waals surface area contributed by atoms with Crippen molar-refractivity contribution in [3.05, 3.63) is 71.4 Å². The fraction of sp³-hybridized carbons (Fsp3) is 0.300. The number of pyridine rings is 1. The number of benzene rings is 2. The Morgan fingerprint density at radius 3 is 2.33 bits per heavy atom. The summed E-state index contributed by atoms with van der Waals surface area (Å²) in [5.41, 5.74) is 5.39. The number of aryl methyl sites for hydroxylation is 2. The number of hydrogen-bond acceptors (Lipinski definition) is 6. The van der Waals surface area contributed by atoms with Gasteiger partial charge in [0.05, 0.1) is 14.2 Å². The summed E-state index contributed by atoms with van der Waals surface area (Å²) in [6, 6.07) is 14.0. The molecule has 0 aliphatic rings. The van der Waals surface area contributed by atoms with E-state index in [1.807, 2.05) is 61.6 Å². The van der Waals surface area contributed by atoms with Crippen LogP contribution in [0.25, 0.3) is 16.9 Å². The average Bonchev–Trinajstić information content (AvgIpc) is 3.30. The fourth-order valence-corrected chi connectivity index (χ4v) is 4.53. The summed E-state index contributed by atoms with van der Waals surface area (Å²) in [7, 11) is 3.16. The number of nitrogens with zero attached hydrogens (tertiary/aromatic N) is 2. The van der Waals surface area contributed by atoms with Gasteiger partial charge < -0.3 is 25.2 Å². The highest BCUT2D eigenvalue weighted by atomic mass is 16.5. The molecule has 0 saturated heterocycles. The van der Waals surface area contributed by atoms with Gasteiger partial charge in [-0.3, -0.25) is 9.20 Å². The van der Waals surface area contributed by atoms with Gasteiger partial charge in [0, 0.05) is 23.0 Å². The zero-order valence-electron chi connectivity index (χ0n) is 23.0. The molecule has 9 nitrogen and oxygen atoms in total. The van der Waals surface area contributed by atoms with Crippen LogP contribution in [0.4, 0.5) is 11.5 Å². The maximum atomic E-state index is 13.1. The Morgan fingerprint density at radius 2 is 1.72 bits per heavy atom. The predicted molar refractivity (Wildman–Crippen MR) is 151 cm³/mol. The molecule has 2 aromatic heterocycles. The average molecular weight is 531 g/mol. The lowest BCUT2D eigenvalue weighted by atomic mass is 9.99. The van der Waals surface area contributed by atoms with E-state index in [1.165, 1.54) is 0 Å². The van der Waals surface area contributed by atoms with Gasteiger partial charge in [0.2, 0.25) is 0 Å². The molecule has 4 rings (SSSR count). The lowest BCUT2D eigenvalue weighted by Gasteiger charge is -2.20. The molecule has 0 aliphatic carbocycles. The number of ether oxygens (including phenoxy) is 2. The van der Waals surface area contributed by atoms with E-state index < -0.39 is 17.9 Å². The van der Waals surface area contributed by atoms with Crippen molar-refractivity contribution in [1.29, 1.82) is 0 Å². The minimum absolute atomic E-state index is 0.216. The van der Waals surface area contributed by atoms with Gasteiger partial charge in [0.15, 0.2) is 11.5 Å². The molecule has 0 spiro atoms. The minimum Gasteiger partial charge on any atom is -0.493 e. The Hall–Kier alpha value is -4.53. The van der Waals surface area contributed by atoms with Crippen LogP contribution in [0.2, 0.25) is 0 Å². The third-order valence-corrected chi connectivity index (χ3v) is 7.04. The summed E-state index contributed by atoms with van der Waals surface area (Å²) in [4.78, 5) is 29.7. The number of fused-ring (bicyclic) bond motifs is 1. The SMILES string of the molecule is CCC(C)C(NC(=O)c1ccn2c(Nc3c(C)cccc3C)c(-c3ccc(OC)c(OC)c3)nc2c1)C(=O)O. The molecule has 0 bridgehead atoms. The molecule has 3 N–H and O–H groups in total. The topological polar surface area (TPSA) is 114 Å². The van der Waals surface area contributed by atoms with Gasteiger partial charge in [-0.2, -0.15) is 0 Å². The molecule has 2 heterocycles. The normalized spacial score (nSPS) is 12.6. The van der Waals surface area contributed by atoms with Gasteiger partial charge in [-0.25, -0.2) is 9.78 Å². The van der Waals surface area contributed by atoms with Crippen molar-refractivity contribution in [2.45, 2.75) is 40.2 Å². The minimum atomic E-state index is -1.06. The van der Waals surface area contributed by atoms with Crippen molar-refractivity contribution in [2.24, 2.45) is 5.92 Å².